The molecule has 0 aliphatic carbocycles. The number of piperidine rings is 1. The number of aliphatic hydroxyl groups excluding tert-OH is 1. The topological polar surface area (TPSA) is 84.4 Å². The Bertz CT molecular complexity index is 428. The number of aryl methyl sites for hydroxylation is 1. The molecule has 1 amide bonds. The summed E-state index contributed by atoms with van der Waals surface area (Å²) in [6.45, 7) is 1.62. The van der Waals surface area contributed by atoms with Gasteiger partial charge in [-0.15, -0.1) is 0 Å². The quantitative estimate of drug-likeness (QED) is 0.807. The van der Waals surface area contributed by atoms with Gasteiger partial charge < -0.3 is 15.7 Å². The Kier molecular flexibility index (Phi) is 3.86. The van der Waals surface area contributed by atoms with Gasteiger partial charge in [-0.3, -0.25) is 9.48 Å². The average molecular weight is 252 g/mol. The maximum absolute atomic E-state index is 12.3. The fraction of sp³-hybridized carbons (Fsp3) is 0.667. The minimum atomic E-state index is -0.101. The fourth-order valence-corrected chi connectivity index (χ4v) is 2.49. The SMILES string of the molecule is Cn1cc(N)c(C(=O)N2CCCC(CCO)C2)n1. The van der Waals surface area contributed by atoms with Gasteiger partial charge in [-0.25, -0.2) is 0 Å². The minimum Gasteiger partial charge on any atom is -0.396 e. The number of amides is 1. The van der Waals surface area contributed by atoms with Crippen molar-refractivity contribution in [1.29, 1.82) is 0 Å². The first-order valence-corrected chi connectivity index (χ1v) is 6.31. The van der Waals surface area contributed by atoms with E-state index >= 15 is 0 Å². The number of carbonyl (C=O) groups excluding carboxylic acids is 1. The molecule has 6 heteroatoms. The summed E-state index contributed by atoms with van der Waals surface area (Å²) in [5, 5.41) is 13.1. The molecule has 2 heterocycles. The van der Waals surface area contributed by atoms with E-state index in [4.69, 9.17) is 10.8 Å². The van der Waals surface area contributed by atoms with Crippen LogP contribution in [0.5, 0.6) is 0 Å². The van der Waals surface area contributed by atoms with Gasteiger partial charge >= 0.3 is 0 Å². The predicted octanol–water partition coefficient (Wildman–Crippen LogP) is 0.237. The molecule has 0 saturated carbocycles. The second-order valence-corrected chi connectivity index (χ2v) is 4.88. The van der Waals surface area contributed by atoms with Crippen LogP contribution in [-0.4, -0.2) is 45.4 Å². The number of rotatable bonds is 3. The van der Waals surface area contributed by atoms with E-state index in [1.54, 1.807) is 22.8 Å². The van der Waals surface area contributed by atoms with Crippen LogP contribution in [0.2, 0.25) is 0 Å². The van der Waals surface area contributed by atoms with Crippen molar-refractivity contribution in [1.82, 2.24) is 14.7 Å². The van der Waals surface area contributed by atoms with Gasteiger partial charge in [0.2, 0.25) is 0 Å². The number of hydrogen-bond donors (Lipinski definition) is 2. The summed E-state index contributed by atoms with van der Waals surface area (Å²) in [4.78, 5) is 14.1. The Hall–Kier alpha value is -1.56. The lowest BCUT2D eigenvalue weighted by Gasteiger charge is -2.32. The van der Waals surface area contributed by atoms with Crippen LogP contribution in [0.3, 0.4) is 0 Å². The lowest BCUT2D eigenvalue weighted by molar-refractivity contribution is 0.0648. The highest BCUT2D eigenvalue weighted by molar-refractivity contribution is 5.97. The third-order valence-corrected chi connectivity index (χ3v) is 3.40. The van der Waals surface area contributed by atoms with Crippen molar-refractivity contribution in [2.75, 3.05) is 25.4 Å². The van der Waals surface area contributed by atoms with Crippen molar-refractivity contribution < 1.29 is 9.90 Å². The molecule has 0 radical (unpaired) electrons. The van der Waals surface area contributed by atoms with Crippen LogP contribution in [0, 0.1) is 5.92 Å². The molecular weight excluding hydrogens is 232 g/mol. The Morgan fingerprint density at radius 3 is 3.06 bits per heavy atom. The predicted molar refractivity (Wildman–Crippen MR) is 68.0 cm³/mol. The molecule has 2 rings (SSSR count). The molecule has 1 unspecified atom stereocenters. The van der Waals surface area contributed by atoms with Crippen LogP contribution in [0.1, 0.15) is 29.8 Å². The molecule has 1 aliphatic rings. The molecule has 6 nitrogen and oxygen atoms in total. The summed E-state index contributed by atoms with van der Waals surface area (Å²) < 4.78 is 1.55. The van der Waals surface area contributed by atoms with Crippen LogP contribution in [0.4, 0.5) is 5.69 Å². The molecular formula is C12H20N4O2. The number of hydrogen-bond acceptors (Lipinski definition) is 4. The van der Waals surface area contributed by atoms with Gasteiger partial charge in [0.1, 0.15) is 0 Å². The number of aliphatic hydroxyl groups is 1. The van der Waals surface area contributed by atoms with Crippen LogP contribution in [-0.2, 0) is 7.05 Å². The van der Waals surface area contributed by atoms with Gasteiger partial charge in [0.25, 0.3) is 5.91 Å². The van der Waals surface area contributed by atoms with E-state index in [2.05, 4.69) is 5.10 Å². The third kappa shape index (κ3) is 2.64. The average Bonchev–Trinajstić information content (AvgIpc) is 2.68. The molecule has 1 aromatic rings. The van der Waals surface area contributed by atoms with Crippen LogP contribution >= 0.6 is 0 Å². The maximum Gasteiger partial charge on any atom is 0.276 e. The van der Waals surface area contributed by atoms with Crippen molar-refractivity contribution in [2.24, 2.45) is 13.0 Å². The van der Waals surface area contributed by atoms with Gasteiger partial charge in [0.15, 0.2) is 5.69 Å². The van der Waals surface area contributed by atoms with E-state index in [-0.39, 0.29) is 12.5 Å². The van der Waals surface area contributed by atoms with Crippen molar-refractivity contribution in [3.8, 4) is 0 Å². The molecule has 0 spiro atoms. The first kappa shape index (κ1) is 12.9. The number of carbonyl (C=O) groups is 1. The maximum atomic E-state index is 12.3. The van der Waals surface area contributed by atoms with Gasteiger partial charge in [-0.05, 0) is 25.2 Å². The molecule has 100 valence electrons. The van der Waals surface area contributed by atoms with E-state index in [9.17, 15) is 4.79 Å². The van der Waals surface area contributed by atoms with E-state index in [0.29, 0.717) is 23.8 Å². The summed E-state index contributed by atoms with van der Waals surface area (Å²) >= 11 is 0. The van der Waals surface area contributed by atoms with Crippen LogP contribution in [0.25, 0.3) is 0 Å². The van der Waals surface area contributed by atoms with E-state index in [1.807, 2.05) is 0 Å². The van der Waals surface area contributed by atoms with Crippen molar-refractivity contribution in [2.45, 2.75) is 19.3 Å². The van der Waals surface area contributed by atoms with E-state index < -0.39 is 0 Å². The largest absolute Gasteiger partial charge is 0.396 e. The van der Waals surface area contributed by atoms with Crippen LogP contribution in [0.15, 0.2) is 6.20 Å². The minimum absolute atomic E-state index is 0.101. The Labute approximate surface area is 106 Å². The zero-order valence-corrected chi connectivity index (χ0v) is 10.7. The Balaban J connectivity index is 2.06. The Morgan fingerprint density at radius 1 is 1.67 bits per heavy atom. The van der Waals surface area contributed by atoms with Gasteiger partial charge in [-0.1, -0.05) is 0 Å². The first-order chi connectivity index (χ1) is 8.61. The number of nitrogens with zero attached hydrogens (tertiary/aromatic N) is 3. The number of nitrogen functional groups attached to an aromatic ring is 1. The molecule has 1 aliphatic heterocycles. The zero-order valence-electron chi connectivity index (χ0n) is 10.7. The highest BCUT2D eigenvalue weighted by Gasteiger charge is 2.26. The lowest BCUT2D eigenvalue weighted by atomic mass is 9.95. The highest BCUT2D eigenvalue weighted by Crippen LogP contribution is 2.21. The van der Waals surface area contributed by atoms with E-state index in [1.165, 1.54) is 0 Å². The molecule has 1 aromatic heterocycles. The van der Waals surface area contributed by atoms with Crippen LogP contribution < -0.4 is 5.73 Å². The summed E-state index contributed by atoms with van der Waals surface area (Å²) in [7, 11) is 1.75. The Morgan fingerprint density at radius 2 is 2.44 bits per heavy atom. The van der Waals surface area contributed by atoms with Gasteiger partial charge in [-0.2, -0.15) is 5.10 Å². The fourth-order valence-electron chi connectivity index (χ4n) is 2.49. The van der Waals surface area contributed by atoms with Crippen molar-refractivity contribution in [3.63, 3.8) is 0 Å². The van der Waals surface area contributed by atoms with E-state index in [0.717, 1.165) is 25.8 Å². The summed E-state index contributed by atoms with van der Waals surface area (Å²) in [5.41, 5.74) is 6.53. The molecule has 0 bridgehead atoms. The first-order valence-electron chi connectivity index (χ1n) is 6.31. The number of likely N-dealkylation sites (tertiary alicyclic amines) is 1. The summed E-state index contributed by atoms with van der Waals surface area (Å²) in [5.74, 6) is 0.286. The molecule has 0 aromatic carbocycles. The standard InChI is InChI=1S/C12H20N4O2/c1-15-8-10(13)11(14-15)12(18)16-5-2-3-9(7-16)4-6-17/h8-9,17H,2-7,13H2,1H3. The highest BCUT2D eigenvalue weighted by atomic mass is 16.3. The summed E-state index contributed by atoms with van der Waals surface area (Å²) in [6, 6.07) is 0. The smallest absolute Gasteiger partial charge is 0.276 e. The number of anilines is 1. The molecule has 1 atom stereocenters. The van der Waals surface area contributed by atoms with Gasteiger partial charge in [0, 0.05) is 32.9 Å². The second kappa shape index (κ2) is 5.39. The van der Waals surface area contributed by atoms with Crippen molar-refractivity contribution >= 4 is 11.6 Å². The second-order valence-electron chi connectivity index (χ2n) is 4.88. The third-order valence-electron chi connectivity index (χ3n) is 3.40. The molecule has 1 fully saturated rings. The molecule has 18 heavy (non-hydrogen) atoms. The zero-order chi connectivity index (χ0) is 13.1. The van der Waals surface area contributed by atoms with Gasteiger partial charge in [0.05, 0.1) is 5.69 Å². The number of nitrogens with two attached hydrogens (primary N) is 1. The number of aromatic nitrogens is 2. The van der Waals surface area contributed by atoms with Crippen molar-refractivity contribution in [3.05, 3.63) is 11.9 Å². The molecule has 1 saturated heterocycles. The summed E-state index contributed by atoms with van der Waals surface area (Å²) in [6.07, 6.45) is 4.44. The normalized spacial score (nSPS) is 20.1. The lowest BCUT2D eigenvalue weighted by Crippen LogP contribution is -2.40. The monoisotopic (exact) mass is 252 g/mol. The molecule has 3 N–H and O–H groups in total.